The number of benzene rings is 1. The fourth-order valence-electron chi connectivity index (χ4n) is 2.90. The molecular formula is C17H13BrN2O2. The highest BCUT2D eigenvalue weighted by molar-refractivity contribution is 9.11. The highest BCUT2D eigenvalue weighted by Crippen LogP contribution is 2.40. The van der Waals surface area contributed by atoms with Gasteiger partial charge in [-0.2, -0.15) is 0 Å². The van der Waals surface area contributed by atoms with Gasteiger partial charge >= 0.3 is 0 Å². The number of nitrogens with zero attached hydrogens (tertiary/aromatic N) is 1. The molecule has 0 saturated heterocycles. The van der Waals surface area contributed by atoms with Crippen LogP contribution in [0.5, 0.6) is 5.75 Å². The van der Waals surface area contributed by atoms with Gasteiger partial charge in [-0.25, -0.2) is 4.98 Å². The number of ether oxygens (including phenoxy) is 1. The second-order valence-electron chi connectivity index (χ2n) is 5.46. The zero-order chi connectivity index (χ0) is 15.3. The summed E-state index contributed by atoms with van der Waals surface area (Å²) in [4.78, 5) is 19.9. The van der Waals surface area contributed by atoms with E-state index in [0.717, 1.165) is 15.6 Å². The molecule has 110 valence electrons. The minimum absolute atomic E-state index is 0.0283. The Morgan fingerprint density at radius 3 is 2.95 bits per heavy atom. The van der Waals surface area contributed by atoms with E-state index in [0.29, 0.717) is 17.3 Å². The van der Waals surface area contributed by atoms with Gasteiger partial charge in [-0.3, -0.25) is 4.79 Å². The van der Waals surface area contributed by atoms with Crippen LogP contribution in [0.2, 0.25) is 0 Å². The Morgan fingerprint density at radius 1 is 1.32 bits per heavy atom. The monoisotopic (exact) mass is 356 g/mol. The van der Waals surface area contributed by atoms with E-state index >= 15 is 0 Å². The predicted molar refractivity (Wildman–Crippen MR) is 88.3 cm³/mol. The van der Waals surface area contributed by atoms with Gasteiger partial charge in [0.05, 0.1) is 5.92 Å². The van der Waals surface area contributed by atoms with Crippen LogP contribution in [0.3, 0.4) is 0 Å². The molecule has 0 fully saturated rings. The molecule has 5 heteroatoms. The van der Waals surface area contributed by atoms with Crippen molar-refractivity contribution in [1.29, 1.82) is 0 Å². The third-order valence-corrected chi connectivity index (χ3v) is 4.54. The molecule has 4 rings (SSSR count). The second-order valence-corrected chi connectivity index (χ2v) is 6.38. The Balaban J connectivity index is 1.89. The van der Waals surface area contributed by atoms with Gasteiger partial charge in [-0.05, 0) is 24.6 Å². The average molecular weight is 357 g/mol. The Morgan fingerprint density at radius 2 is 2.14 bits per heavy atom. The molecule has 0 amide bonds. The average Bonchev–Trinajstić information content (AvgIpc) is 2.86. The van der Waals surface area contributed by atoms with E-state index in [1.165, 1.54) is 0 Å². The summed E-state index contributed by atoms with van der Waals surface area (Å²) >= 11 is 3.48. The highest BCUT2D eigenvalue weighted by Gasteiger charge is 2.37. The van der Waals surface area contributed by atoms with E-state index in [4.69, 9.17) is 4.74 Å². The second kappa shape index (κ2) is 4.95. The first-order valence-electron chi connectivity index (χ1n) is 7.06. The number of rotatable bonds is 1. The standard InChI is InChI=1S/C17H13BrN2O2/c1-9-4-2-3-5-11(9)16-19-14-12-8-10(18)6-7-13(12)22-15(14)17(21)20-16/h2-8,12-13H,1H3,(H,19,20,21). The number of hydrogen-bond acceptors (Lipinski definition) is 3. The molecule has 2 atom stereocenters. The molecule has 1 N–H and O–H groups in total. The maximum atomic E-state index is 12.4. The maximum absolute atomic E-state index is 12.4. The molecule has 1 aromatic heterocycles. The molecule has 1 aliphatic carbocycles. The largest absolute Gasteiger partial charge is 0.478 e. The molecule has 2 aliphatic rings. The summed E-state index contributed by atoms with van der Waals surface area (Å²) in [6.07, 6.45) is 5.76. The molecule has 2 heterocycles. The van der Waals surface area contributed by atoms with E-state index in [2.05, 4.69) is 25.9 Å². The molecule has 1 aromatic carbocycles. The number of fused-ring (bicyclic) bond motifs is 3. The Hall–Kier alpha value is -2.14. The van der Waals surface area contributed by atoms with Gasteiger partial charge in [0.2, 0.25) is 5.75 Å². The van der Waals surface area contributed by atoms with Crippen LogP contribution in [0.1, 0.15) is 17.2 Å². The minimum atomic E-state index is -0.226. The van der Waals surface area contributed by atoms with Crippen LogP contribution >= 0.6 is 15.9 Å². The smallest absolute Gasteiger partial charge is 0.293 e. The van der Waals surface area contributed by atoms with Gasteiger partial charge in [0.15, 0.2) is 0 Å². The lowest BCUT2D eigenvalue weighted by Gasteiger charge is -2.15. The first-order valence-corrected chi connectivity index (χ1v) is 7.85. The number of aryl methyl sites for hydroxylation is 1. The number of hydrogen-bond donors (Lipinski definition) is 1. The van der Waals surface area contributed by atoms with Crippen molar-refractivity contribution in [2.45, 2.75) is 18.9 Å². The molecule has 0 bridgehead atoms. The van der Waals surface area contributed by atoms with Crippen LogP contribution in [-0.2, 0) is 0 Å². The van der Waals surface area contributed by atoms with Crippen LogP contribution in [-0.4, -0.2) is 16.1 Å². The Kier molecular flexibility index (Phi) is 3.04. The lowest BCUT2D eigenvalue weighted by Crippen LogP contribution is -2.17. The minimum Gasteiger partial charge on any atom is -0.478 e. The van der Waals surface area contributed by atoms with Crippen molar-refractivity contribution in [2.24, 2.45) is 0 Å². The number of aromatic nitrogens is 2. The third kappa shape index (κ3) is 2.04. The molecule has 2 aromatic rings. The number of nitrogens with one attached hydrogen (secondary N) is 1. The Bertz CT molecular complexity index is 882. The first-order chi connectivity index (χ1) is 10.6. The van der Waals surface area contributed by atoms with Gasteiger partial charge in [-0.1, -0.05) is 46.3 Å². The van der Waals surface area contributed by atoms with Crippen LogP contribution in [0.25, 0.3) is 11.4 Å². The van der Waals surface area contributed by atoms with Gasteiger partial charge in [0, 0.05) is 10.0 Å². The van der Waals surface area contributed by atoms with Crippen molar-refractivity contribution < 1.29 is 4.74 Å². The quantitative estimate of drug-likeness (QED) is 0.851. The van der Waals surface area contributed by atoms with Crippen LogP contribution in [0.15, 0.2) is 51.8 Å². The first kappa shape index (κ1) is 13.5. The summed E-state index contributed by atoms with van der Waals surface area (Å²) < 4.78 is 6.73. The third-order valence-electron chi connectivity index (χ3n) is 4.01. The zero-order valence-corrected chi connectivity index (χ0v) is 13.4. The van der Waals surface area contributed by atoms with Crippen LogP contribution in [0.4, 0.5) is 0 Å². The molecule has 22 heavy (non-hydrogen) atoms. The summed E-state index contributed by atoms with van der Waals surface area (Å²) in [5.41, 5.74) is 2.48. The van der Waals surface area contributed by atoms with Crippen LogP contribution < -0.4 is 10.3 Å². The van der Waals surface area contributed by atoms with Crippen LogP contribution in [0, 0.1) is 6.92 Å². The molecular weight excluding hydrogens is 344 g/mol. The van der Waals surface area contributed by atoms with Crippen molar-refractivity contribution in [3.63, 3.8) is 0 Å². The van der Waals surface area contributed by atoms with E-state index in [-0.39, 0.29) is 17.6 Å². The molecule has 0 spiro atoms. The van der Waals surface area contributed by atoms with E-state index in [1.807, 2.05) is 49.4 Å². The normalized spacial score (nSPS) is 21.8. The Labute approximate surface area is 135 Å². The number of H-pyrrole nitrogens is 1. The molecule has 1 aliphatic heterocycles. The predicted octanol–water partition coefficient (Wildman–Crippen LogP) is 3.44. The van der Waals surface area contributed by atoms with Crippen molar-refractivity contribution in [3.05, 3.63) is 68.6 Å². The highest BCUT2D eigenvalue weighted by atomic mass is 79.9. The summed E-state index contributed by atoms with van der Waals surface area (Å²) in [6, 6.07) is 7.87. The number of allylic oxidation sites excluding steroid dienone is 2. The molecule has 0 saturated carbocycles. The fourth-order valence-corrected chi connectivity index (χ4v) is 3.33. The summed E-state index contributed by atoms with van der Waals surface area (Å²) in [5, 5.41) is 0. The summed E-state index contributed by atoms with van der Waals surface area (Å²) in [5.74, 6) is 0.889. The van der Waals surface area contributed by atoms with E-state index in [9.17, 15) is 4.79 Å². The van der Waals surface area contributed by atoms with E-state index in [1.54, 1.807) is 0 Å². The molecule has 0 radical (unpaired) electrons. The summed E-state index contributed by atoms with van der Waals surface area (Å²) in [7, 11) is 0. The van der Waals surface area contributed by atoms with Gasteiger partial charge < -0.3 is 9.72 Å². The molecule has 4 nitrogen and oxygen atoms in total. The van der Waals surface area contributed by atoms with Crippen molar-refractivity contribution in [2.75, 3.05) is 0 Å². The lowest BCUT2D eigenvalue weighted by molar-refractivity contribution is 0.266. The maximum Gasteiger partial charge on any atom is 0.293 e. The zero-order valence-electron chi connectivity index (χ0n) is 11.8. The fraction of sp³-hybridized carbons (Fsp3) is 0.176. The number of aromatic amines is 1. The summed E-state index contributed by atoms with van der Waals surface area (Å²) in [6.45, 7) is 2.00. The van der Waals surface area contributed by atoms with E-state index < -0.39 is 0 Å². The SMILES string of the molecule is Cc1ccccc1-c1nc2c(c(=O)[nH]1)OC1C=CC(Br)=CC21. The van der Waals surface area contributed by atoms with Crippen molar-refractivity contribution in [1.82, 2.24) is 9.97 Å². The molecule has 2 unspecified atom stereocenters. The number of halogens is 1. The van der Waals surface area contributed by atoms with Crippen molar-refractivity contribution in [3.8, 4) is 17.1 Å². The van der Waals surface area contributed by atoms with Crippen molar-refractivity contribution >= 4 is 15.9 Å². The van der Waals surface area contributed by atoms with Gasteiger partial charge in [-0.15, -0.1) is 0 Å². The topological polar surface area (TPSA) is 55.0 Å². The van der Waals surface area contributed by atoms with Gasteiger partial charge in [0.25, 0.3) is 5.56 Å². The lowest BCUT2D eigenvalue weighted by atomic mass is 9.96. The van der Waals surface area contributed by atoms with Gasteiger partial charge in [0.1, 0.15) is 17.6 Å².